The summed E-state index contributed by atoms with van der Waals surface area (Å²) >= 11 is 3.46. The molecule has 17 heavy (non-hydrogen) atoms. The van der Waals surface area contributed by atoms with Gasteiger partial charge in [-0.2, -0.15) is 0 Å². The Morgan fingerprint density at radius 2 is 1.94 bits per heavy atom. The van der Waals surface area contributed by atoms with Gasteiger partial charge in [0.05, 0.1) is 0 Å². The largest absolute Gasteiger partial charge is 0.508 e. The Bertz CT molecular complexity index is 365. The van der Waals surface area contributed by atoms with E-state index in [9.17, 15) is 5.11 Å². The Morgan fingerprint density at radius 1 is 1.29 bits per heavy atom. The first-order valence-electron chi connectivity index (χ1n) is 6.21. The van der Waals surface area contributed by atoms with Crippen LogP contribution in [0.4, 0.5) is 0 Å². The second-order valence-electron chi connectivity index (χ2n) is 4.71. The van der Waals surface area contributed by atoms with Crippen LogP contribution >= 0.6 is 15.9 Å². The van der Waals surface area contributed by atoms with Gasteiger partial charge in [-0.05, 0) is 51.9 Å². The van der Waals surface area contributed by atoms with E-state index < -0.39 is 0 Å². The van der Waals surface area contributed by atoms with Crippen LogP contribution in [-0.4, -0.2) is 22.6 Å². The first kappa shape index (κ1) is 14.5. The van der Waals surface area contributed by atoms with Gasteiger partial charge >= 0.3 is 0 Å². The first-order chi connectivity index (χ1) is 7.97. The molecule has 0 fully saturated rings. The number of hydrogen-bond donors (Lipinski definition) is 1. The molecule has 1 aromatic rings. The van der Waals surface area contributed by atoms with E-state index in [1.54, 1.807) is 6.07 Å². The quantitative estimate of drug-likeness (QED) is 0.874. The number of aromatic hydroxyl groups is 1. The minimum atomic E-state index is 0.229. The standard InChI is InChI=1S/C14H22BrNO/c1-5-8-16(10(2)3)11(4)13-9-12(15)6-7-14(13)17/h6-7,9-11,17H,5,8H2,1-4H3. The molecule has 0 bridgehead atoms. The Kier molecular flexibility index (Phi) is 5.47. The van der Waals surface area contributed by atoms with E-state index in [4.69, 9.17) is 0 Å². The van der Waals surface area contributed by atoms with Crippen molar-refractivity contribution in [1.29, 1.82) is 0 Å². The molecule has 1 rings (SSSR count). The number of phenolic OH excluding ortho intramolecular Hbond substituents is 1. The Labute approximate surface area is 113 Å². The number of nitrogens with zero attached hydrogens (tertiary/aromatic N) is 1. The Balaban J connectivity index is 2.99. The van der Waals surface area contributed by atoms with Gasteiger partial charge in [0.2, 0.25) is 0 Å². The molecule has 0 radical (unpaired) electrons. The molecule has 0 aliphatic carbocycles. The molecule has 0 saturated carbocycles. The van der Waals surface area contributed by atoms with Crippen LogP contribution in [0.3, 0.4) is 0 Å². The molecule has 3 heteroatoms. The molecule has 0 aliphatic rings. The highest BCUT2D eigenvalue weighted by atomic mass is 79.9. The van der Waals surface area contributed by atoms with Crippen LogP contribution in [0.25, 0.3) is 0 Å². The Morgan fingerprint density at radius 3 is 2.47 bits per heavy atom. The van der Waals surface area contributed by atoms with Crippen LogP contribution in [0.15, 0.2) is 22.7 Å². The normalized spacial score (nSPS) is 13.4. The molecule has 1 N–H and O–H groups in total. The predicted molar refractivity (Wildman–Crippen MR) is 76.4 cm³/mol. The minimum absolute atomic E-state index is 0.229. The van der Waals surface area contributed by atoms with Crippen LogP contribution in [0.5, 0.6) is 5.75 Å². The minimum Gasteiger partial charge on any atom is -0.508 e. The molecule has 1 unspecified atom stereocenters. The molecule has 0 spiro atoms. The second kappa shape index (κ2) is 6.41. The molecule has 96 valence electrons. The van der Waals surface area contributed by atoms with Gasteiger partial charge in [0, 0.05) is 22.1 Å². The highest BCUT2D eigenvalue weighted by Crippen LogP contribution is 2.32. The predicted octanol–water partition coefficient (Wildman–Crippen LogP) is 4.34. The van der Waals surface area contributed by atoms with Gasteiger partial charge < -0.3 is 5.11 Å². The summed E-state index contributed by atoms with van der Waals surface area (Å²) in [6.45, 7) is 9.77. The lowest BCUT2D eigenvalue weighted by Gasteiger charge is -2.33. The SMILES string of the molecule is CCCN(C(C)C)C(C)c1cc(Br)ccc1O. The zero-order valence-corrected chi connectivity index (χ0v) is 12.7. The van der Waals surface area contributed by atoms with Crippen LogP contribution in [0, 0.1) is 0 Å². The van der Waals surface area contributed by atoms with Crippen LogP contribution < -0.4 is 0 Å². The molecule has 0 aliphatic heterocycles. The zero-order valence-electron chi connectivity index (χ0n) is 11.1. The smallest absolute Gasteiger partial charge is 0.120 e. The molecular weight excluding hydrogens is 278 g/mol. The maximum atomic E-state index is 9.96. The average Bonchev–Trinajstić information content (AvgIpc) is 2.28. The van der Waals surface area contributed by atoms with E-state index in [2.05, 4.69) is 48.5 Å². The summed E-state index contributed by atoms with van der Waals surface area (Å²) < 4.78 is 1.01. The van der Waals surface area contributed by atoms with Crippen molar-refractivity contribution in [1.82, 2.24) is 4.90 Å². The summed E-state index contributed by atoms with van der Waals surface area (Å²) in [6, 6.07) is 6.33. The molecule has 0 heterocycles. The van der Waals surface area contributed by atoms with Crippen molar-refractivity contribution in [2.24, 2.45) is 0 Å². The van der Waals surface area contributed by atoms with Crippen LogP contribution in [-0.2, 0) is 0 Å². The molecule has 1 aromatic carbocycles. The van der Waals surface area contributed by atoms with Gasteiger partial charge in [-0.3, -0.25) is 4.90 Å². The van der Waals surface area contributed by atoms with Crippen molar-refractivity contribution in [3.8, 4) is 5.75 Å². The van der Waals surface area contributed by atoms with Crippen molar-refractivity contribution in [2.75, 3.05) is 6.54 Å². The van der Waals surface area contributed by atoms with Crippen LogP contribution in [0.2, 0.25) is 0 Å². The summed E-state index contributed by atoms with van der Waals surface area (Å²) in [5, 5.41) is 9.96. The summed E-state index contributed by atoms with van der Waals surface area (Å²) in [6.07, 6.45) is 1.12. The first-order valence-corrected chi connectivity index (χ1v) is 7.00. The van der Waals surface area contributed by atoms with E-state index in [1.165, 1.54) is 0 Å². The van der Waals surface area contributed by atoms with Gasteiger partial charge in [-0.1, -0.05) is 22.9 Å². The Hall–Kier alpha value is -0.540. The fourth-order valence-corrected chi connectivity index (χ4v) is 2.57. The number of hydrogen-bond acceptors (Lipinski definition) is 2. The van der Waals surface area contributed by atoms with Gasteiger partial charge in [-0.15, -0.1) is 0 Å². The monoisotopic (exact) mass is 299 g/mol. The van der Waals surface area contributed by atoms with Gasteiger partial charge in [0.25, 0.3) is 0 Å². The van der Waals surface area contributed by atoms with Crippen molar-refractivity contribution >= 4 is 15.9 Å². The highest BCUT2D eigenvalue weighted by Gasteiger charge is 2.20. The lowest BCUT2D eigenvalue weighted by atomic mass is 10.0. The van der Waals surface area contributed by atoms with Gasteiger partial charge in [0.15, 0.2) is 0 Å². The molecule has 0 saturated heterocycles. The van der Waals surface area contributed by atoms with E-state index in [0.717, 1.165) is 23.0 Å². The fraction of sp³-hybridized carbons (Fsp3) is 0.571. The van der Waals surface area contributed by atoms with Gasteiger partial charge in [-0.25, -0.2) is 0 Å². The third-order valence-electron chi connectivity index (χ3n) is 3.08. The highest BCUT2D eigenvalue weighted by molar-refractivity contribution is 9.10. The summed E-state index contributed by atoms with van der Waals surface area (Å²) in [7, 11) is 0. The molecule has 1 atom stereocenters. The number of halogens is 1. The molecular formula is C14H22BrNO. The van der Waals surface area contributed by atoms with Crippen LogP contribution in [0.1, 0.15) is 45.7 Å². The van der Waals surface area contributed by atoms with Crippen molar-refractivity contribution in [3.63, 3.8) is 0 Å². The van der Waals surface area contributed by atoms with Crippen molar-refractivity contribution < 1.29 is 5.11 Å². The summed E-state index contributed by atoms with van der Waals surface area (Å²) in [4.78, 5) is 2.40. The van der Waals surface area contributed by atoms with Crippen molar-refractivity contribution in [3.05, 3.63) is 28.2 Å². The summed E-state index contributed by atoms with van der Waals surface area (Å²) in [5.41, 5.74) is 0.988. The zero-order chi connectivity index (χ0) is 13.0. The maximum Gasteiger partial charge on any atom is 0.120 e. The molecule has 0 aromatic heterocycles. The van der Waals surface area contributed by atoms with E-state index in [-0.39, 0.29) is 6.04 Å². The van der Waals surface area contributed by atoms with Gasteiger partial charge in [0.1, 0.15) is 5.75 Å². The lowest BCUT2D eigenvalue weighted by molar-refractivity contribution is 0.162. The lowest BCUT2D eigenvalue weighted by Crippen LogP contribution is -2.34. The van der Waals surface area contributed by atoms with E-state index in [0.29, 0.717) is 11.8 Å². The number of benzene rings is 1. The third kappa shape index (κ3) is 3.71. The average molecular weight is 300 g/mol. The van der Waals surface area contributed by atoms with E-state index in [1.807, 2.05) is 12.1 Å². The molecule has 2 nitrogen and oxygen atoms in total. The topological polar surface area (TPSA) is 23.5 Å². The molecule has 0 amide bonds. The van der Waals surface area contributed by atoms with Crippen molar-refractivity contribution in [2.45, 2.75) is 46.2 Å². The fourth-order valence-electron chi connectivity index (χ4n) is 2.20. The summed E-state index contributed by atoms with van der Waals surface area (Å²) in [5.74, 6) is 0.377. The number of rotatable bonds is 5. The number of phenols is 1. The third-order valence-corrected chi connectivity index (χ3v) is 3.58. The van der Waals surface area contributed by atoms with E-state index >= 15 is 0 Å². The maximum absolute atomic E-state index is 9.96. The second-order valence-corrected chi connectivity index (χ2v) is 5.63.